The molecule has 6 aliphatic heterocycles. The molecule has 16 rings (SSSR count). The molecule has 9 N–H and O–H groups in total. The first-order chi connectivity index (χ1) is 63.0. The number of aromatic amines is 4. The molecule has 4 unspecified atom stereocenters. The highest BCUT2D eigenvalue weighted by atomic mass is 16.6. The highest BCUT2D eigenvalue weighted by molar-refractivity contribution is 6.08. The quantitative estimate of drug-likeness (QED) is 0.0285. The van der Waals surface area contributed by atoms with Crippen LogP contribution in [0.3, 0.4) is 0 Å². The van der Waals surface area contributed by atoms with Crippen LogP contribution in [-0.4, -0.2) is 230 Å². The molecule has 0 bridgehead atoms. The number of hydrogen-bond acceptors (Lipinski definition) is 22. The van der Waals surface area contributed by atoms with Crippen molar-refractivity contribution in [2.75, 3.05) is 69.0 Å². The number of H-pyrrole nitrogens is 4. The summed E-state index contributed by atoms with van der Waals surface area (Å²) in [6.07, 6.45) is 5.15. The Balaban J connectivity index is 0.000000189. The Bertz CT molecular complexity index is 5970. The second-order valence-corrected chi connectivity index (χ2v) is 37.4. The van der Waals surface area contributed by atoms with Crippen molar-refractivity contribution in [3.05, 3.63) is 132 Å². The normalized spacial score (nSPS) is 20.0. The third-order valence-electron chi connectivity index (χ3n) is 25.7. The van der Waals surface area contributed by atoms with E-state index in [2.05, 4.69) is 119 Å². The number of carboxylic acids is 1. The predicted octanol–water partition coefficient (Wildman–Crippen LogP) is 15.5. The number of hydrogen-bond donors (Lipinski definition) is 9. The van der Waals surface area contributed by atoms with E-state index in [-0.39, 0.29) is 95.6 Å². The average Bonchev–Trinajstić information content (AvgIpc) is 1.47. The number of fused-ring (bicyclic) bond motifs is 12. The fraction of sp³-hybridized carbons (Fsp3) is 0.495. The number of rotatable bonds is 22. The van der Waals surface area contributed by atoms with E-state index in [1.165, 1.54) is 28.4 Å². The molecule has 12 atom stereocenters. The van der Waals surface area contributed by atoms with Crippen LogP contribution < -0.4 is 30.7 Å². The Labute approximate surface area is 765 Å². The molecular weight excluding hydrogens is 1690 g/mol. The van der Waals surface area contributed by atoms with Crippen LogP contribution in [0.25, 0.3) is 88.4 Å². The highest BCUT2D eigenvalue weighted by Gasteiger charge is 2.47. The molecule has 0 saturated carbocycles. The van der Waals surface area contributed by atoms with Crippen LogP contribution in [-0.2, 0) is 65.5 Å². The standard InChI is InChI=1S/C46H56N8O8.C44H53N7O7.C7H13NO4/c1-23(2)38(51-45(57)60-7)43(55)53-20-26(21-59-6)15-36(53)41-47-19-34(49-41)28-10-12-30-29(16-28)22-62-37-18-31-27(17-32(30)37)11-13-33-40(31)50-42(48-33)35-14-9-25(5)54(35)44(56)39(24(3)4)52-46(58)61-8;1-23(2)37(49-42(53)56-8)41(52)51-24(3)9-14-34(51)40-46-32-13-11-26-17-31-29-12-10-27(16-28(29)22-57-36(31)18-30(26)38(32)48-40)33-19-45-39(47-33)35-15-25(21-55-7)20-50(35)43(54)58-44(4,5)6;1-4(2)5(6(9)10)8-7(11)12-3/h10-13,16-19,23-26,35-36,38-39H,9,14-15,20-22H2,1-8H3,(H,47,49)(H,48,50)(H,51,57)(H,52,58);10-13,16-19,23-25,34-35,37H,9,14-15,20-22H2,1-8H3,(H,45,47)(H,46,48)(H,49,53);4-5H,1-3H3,(H,8,11)(H,9,10)/t25-,26-,35-,36?,38?,39-;24-,25-,34-,35?,37-;/m00./s1. The summed E-state index contributed by atoms with van der Waals surface area (Å²) in [7, 11) is 8.40. The number of aliphatic carboxylic acids is 1. The predicted molar refractivity (Wildman–Crippen MR) is 493 cm³/mol. The van der Waals surface area contributed by atoms with Gasteiger partial charge in [0, 0.05) is 73.1 Å². The van der Waals surface area contributed by atoms with E-state index in [1.807, 2.05) is 104 Å². The van der Waals surface area contributed by atoms with Gasteiger partial charge in [0.15, 0.2) is 0 Å². The number of ether oxygens (including phenoxy) is 9. The third-order valence-corrected chi connectivity index (χ3v) is 25.7. The van der Waals surface area contributed by atoms with E-state index in [4.69, 9.17) is 62.9 Å². The van der Waals surface area contributed by atoms with Gasteiger partial charge in [-0.2, -0.15) is 0 Å². The molecule has 35 heteroatoms. The van der Waals surface area contributed by atoms with Crippen molar-refractivity contribution in [3.8, 4) is 56.3 Å². The van der Waals surface area contributed by atoms with E-state index in [0.29, 0.717) is 57.6 Å². The molecule has 132 heavy (non-hydrogen) atoms. The number of benzene rings is 6. The van der Waals surface area contributed by atoms with Gasteiger partial charge in [-0.3, -0.25) is 19.3 Å². The van der Waals surface area contributed by atoms with Gasteiger partial charge in [0.05, 0.1) is 112 Å². The molecular formula is C97H122N16O19. The van der Waals surface area contributed by atoms with Crippen LogP contribution in [0.1, 0.15) is 187 Å². The number of carbonyl (C=O) groups excluding carboxylic acids is 8. The lowest BCUT2D eigenvalue weighted by Crippen LogP contribution is -2.52. The maximum absolute atomic E-state index is 14.0. The molecule has 704 valence electrons. The number of imidazole rings is 4. The zero-order valence-electron chi connectivity index (χ0n) is 78.3. The van der Waals surface area contributed by atoms with Crippen LogP contribution in [0, 0.1) is 35.5 Å². The minimum Gasteiger partial charge on any atom is -0.488 e. The number of carboxylic acid groups (broad SMARTS) is 1. The smallest absolute Gasteiger partial charge is 0.410 e. The Morgan fingerprint density at radius 1 is 0.462 bits per heavy atom. The van der Waals surface area contributed by atoms with Gasteiger partial charge >= 0.3 is 36.4 Å². The summed E-state index contributed by atoms with van der Waals surface area (Å²) in [5.41, 5.74) is 12.6. The summed E-state index contributed by atoms with van der Waals surface area (Å²) in [6, 6.07) is 25.0. The summed E-state index contributed by atoms with van der Waals surface area (Å²) < 4.78 is 48.3. The van der Waals surface area contributed by atoms with Crippen LogP contribution in [0.15, 0.2) is 97.3 Å². The second kappa shape index (κ2) is 40.0. The van der Waals surface area contributed by atoms with Gasteiger partial charge in [-0.05, 0) is 189 Å². The van der Waals surface area contributed by atoms with Crippen LogP contribution in [0.2, 0.25) is 0 Å². The minimum absolute atomic E-state index is 0.0184. The van der Waals surface area contributed by atoms with Gasteiger partial charge in [-0.25, -0.2) is 48.7 Å². The highest BCUT2D eigenvalue weighted by Crippen LogP contribution is 2.48. The molecule has 35 nitrogen and oxygen atoms in total. The van der Waals surface area contributed by atoms with Crippen molar-refractivity contribution < 1.29 is 90.9 Å². The van der Waals surface area contributed by atoms with Crippen molar-refractivity contribution in [1.29, 1.82) is 0 Å². The molecule has 4 aromatic heterocycles. The number of nitrogens with one attached hydrogen (secondary N) is 8. The second-order valence-electron chi connectivity index (χ2n) is 37.4. The zero-order chi connectivity index (χ0) is 94.7. The summed E-state index contributed by atoms with van der Waals surface area (Å²) in [6.45, 7) is 27.3. The van der Waals surface area contributed by atoms with Crippen molar-refractivity contribution in [1.82, 2.24) is 80.7 Å². The van der Waals surface area contributed by atoms with Gasteiger partial charge in [-0.15, -0.1) is 0 Å². The van der Waals surface area contributed by atoms with Gasteiger partial charge < -0.3 is 104 Å². The zero-order valence-corrected chi connectivity index (χ0v) is 78.3. The molecule has 0 radical (unpaired) electrons. The topological polar surface area (TPSA) is 433 Å². The first-order valence-electron chi connectivity index (χ1n) is 45.1. The van der Waals surface area contributed by atoms with E-state index in [9.17, 15) is 43.2 Å². The van der Waals surface area contributed by atoms with Gasteiger partial charge in [0.1, 0.15) is 77.8 Å². The Kier molecular flexibility index (Phi) is 28.8. The largest absolute Gasteiger partial charge is 0.488 e. The number of methoxy groups -OCH3 is 6. The maximum Gasteiger partial charge on any atom is 0.410 e. The molecule has 0 aliphatic carbocycles. The average molecular weight is 1820 g/mol. The first kappa shape index (κ1) is 95.0. The van der Waals surface area contributed by atoms with E-state index in [0.717, 1.165) is 155 Å². The number of amides is 8. The van der Waals surface area contributed by atoms with E-state index >= 15 is 0 Å². The number of aromatic nitrogens is 8. The molecule has 6 aliphatic rings. The number of likely N-dealkylation sites (tertiary alicyclic amines) is 4. The SMILES string of the molecule is COC(=O)NC(C(=O)O)C(C)C.COC[C@H]1CC(c2ncc(-c3ccc4c(c3)COc3cc5c(ccc6[nH]c([C@@H]7CC[C@H](C)N7C(=O)[C@@H](NC(=O)OC)C(C)C)nc65)cc3-4)[nH]2)N(C(=O)C(NC(=O)OC)C(C)C)C1.COC[C@H]1CC(c2ncc(-c3ccc4c(c3)COc3cc5c(ccc6[nH]c([C@@H]7CC[C@H](C)N7C(=O)[C@@H](NC(=O)OC)C(C)C)nc65)cc3-4)[nH]2)N(C(=O)OC(C)(C)C)C1. The molecule has 6 aromatic carbocycles. The fourth-order valence-electron chi connectivity index (χ4n) is 19.0. The molecule has 0 spiro atoms. The lowest BCUT2D eigenvalue weighted by molar-refractivity contribution is -0.140. The molecule has 10 aromatic rings. The van der Waals surface area contributed by atoms with Crippen LogP contribution >= 0.6 is 0 Å². The Hall–Kier alpha value is -13.1. The molecule has 4 saturated heterocycles. The lowest BCUT2D eigenvalue weighted by atomic mass is 9.92. The minimum atomic E-state index is -1.06. The van der Waals surface area contributed by atoms with Gasteiger partial charge in [-0.1, -0.05) is 91.8 Å². The van der Waals surface area contributed by atoms with Gasteiger partial charge in [0.2, 0.25) is 17.7 Å². The van der Waals surface area contributed by atoms with Crippen LogP contribution in [0.5, 0.6) is 11.5 Å². The summed E-state index contributed by atoms with van der Waals surface area (Å²) in [4.78, 5) is 154. The fourth-order valence-corrected chi connectivity index (χ4v) is 19.0. The Morgan fingerprint density at radius 3 is 1.23 bits per heavy atom. The summed E-state index contributed by atoms with van der Waals surface area (Å²) in [5, 5.41) is 23.0. The number of carbonyl (C=O) groups is 9. The summed E-state index contributed by atoms with van der Waals surface area (Å²) >= 11 is 0. The van der Waals surface area contributed by atoms with E-state index < -0.39 is 60.1 Å². The number of nitrogens with zero attached hydrogens (tertiary/aromatic N) is 8. The summed E-state index contributed by atoms with van der Waals surface area (Å²) in [5.74, 6) is 2.50. The van der Waals surface area contributed by atoms with E-state index in [1.54, 1.807) is 44.1 Å². The monoisotopic (exact) mass is 1810 g/mol. The molecule has 4 fully saturated rings. The third kappa shape index (κ3) is 20.1. The first-order valence-corrected chi connectivity index (χ1v) is 45.1. The van der Waals surface area contributed by atoms with Crippen LogP contribution in [0.4, 0.5) is 24.0 Å². The lowest BCUT2D eigenvalue weighted by Gasteiger charge is -2.32. The Morgan fingerprint density at radius 2 is 0.848 bits per heavy atom. The van der Waals surface area contributed by atoms with Crippen molar-refractivity contribution in [3.63, 3.8) is 0 Å². The molecule has 8 amide bonds. The van der Waals surface area contributed by atoms with Crippen molar-refractivity contribution >= 4 is 97.8 Å². The van der Waals surface area contributed by atoms with Crippen molar-refractivity contribution in [2.45, 2.75) is 208 Å². The number of alkyl carbamates (subject to hydrolysis) is 4. The van der Waals surface area contributed by atoms with Gasteiger partial charge in [0.25, 0.3) is 0 Å². The van der Waals surface area contributed by atoms with Crippen molar-refractivity contribution in [2.24, 2.45) is 35.5 Å². The maximum atomic E-state index is 14.0. The molecule has 10 heterocycles.